The summed E-state index contributed by atoms with van der Waals surface area (Å²) in [5.41, 5.74) is 4.50. The number of aromatic nitrogens is 2. The Morgan fingerprint density at radius 3 is 2.54 bits per heavy atom. The lowest BCUT2D eigenvalue weighted by molar-refractivity contribution is -0.181. The van der Waals surface area contributed by atoms with Crippen LogP contribution in [0.1, 0.15) is 117 Å². The van der Waals surface area contributed by atoms with Crippen molar-refractivity contribution < 1.29 is 38.4 Å². The van der Waals surface area contributed by atoms with Crippen molar-refractivity contribution in [3.8, 4) is 17.2 Å². The molecule has 4 fully saturated rings. The second-order valence-electron chi connectivity index (χ2n) is 19.0. The number of carbonyl (C=O) groups excluding carboxylic acids is 2. The van der Waals surface area contributed by atoms with Crippen LogP contribution < -0.4 is 19.5 Å². The van der Waals surface area contributed by atoms with Crippen molar-refractivity contribution in [2.45, 2.75) is 129 Å². The van der Waals surface area contributed by atoms with Gasteiger partial charge in [0.25, 0.3) is 0 Å². The molecule has 6 unspecified atom stereocenters. The zero-order chi connectivity index (χ0) is 43.2. The molecule has 0 radical (unpaired) electrons. The molecule has 11 nitrogen and oxygen atoms in total. The lowest BCUT2D eigenvalue weighted by Crippen LogP contribution is -2.75. The van der Waals surface area contributed by atoms with E-state index in [2.05, 4.69) is 88.7 Å². The van der Waals surface area contributed by atoms with Gasteiger partial charge in [-0.2, -0.15) is 0 Å². The molecule has 7 aliphatic rings. The van der Waals surface area contributed by atoms with E-state index < -0.39 is 40.3 Å². The molecule has 3 saturated carbocycles. The summed E-state index contributed by atoms with van der Waals surface area (Å²) in [5, 5.41) is 13.6. The van der Waals surface area contributed by atoms with E-state index in [4.69, 9.17) is 28.7 Å². The third-order valence-corrected chi connectivity index (χ3v) is 13.9. The lowest BCUT2D eigenvalue weighted by Gasteiger charge is -2.62. The number of esters is 1. The van der Waals surface area contributed by atoms with E-state index in [-0.39, 0.29) is 24.7 Å². The molecule has 4 aliphatic heterocycles. The molecule has 11 heteroatoms. The summed E-state index contributed by atoms with van der Waals surface area (Å²) >= 11 is 0. The monoisotopic (exact) mass is 829 g/mol. The van der Waals surface area contributed by atoms with Crippen LogP contribution in [0.3, 0.4) is 0 Å². The highest BCUT2D eigenvalue weighted by Gasteiger charge is 2.84. The molecule has 0 amide bonds. The summed E-state index contributed by atoms with van der Waals surface area (Å²) in [7, 11) is 1.36. The van der Waals surface area contributed by atoms with Gasteiger partial charge >= 0.3 is 5.97 Å². The molecule has 4 bridgehead atoms. The first kappa shape index (κ1) is 41.2. The van der Waals surface area contributed by atoms with Gasteiger partial charge in [0, 0.05) is 41.6 Å². The van der Waals surface area contributed by atoms with Crippen molar-refractivity contribution in [2.24, 2.45) is 11.8 Å². The van der Waals surface area contributed by atoms with E-state index in [0.29, 0.717) is 61.1 Å². The van der Waals surface area contributed by atoms with Crippen molar-refractivity contribution >= 4 is 40.5 Å². The number of nitrogens with one attached hydrogen (secondary N) is 1. The number of Topliss-reactive ketones (excluding diaryl/α,β-unsaturated/α-hetero) is 1. The van der Waals surface area contributed by atoms with Crippen LogP contribution >= 0.6 is 0 Å². The number of rotatable bonds is 13. The first-order valence-corrected chi connectivity index (χ1v) is 21.9. The molecule has 10 rings (SSSR count). The summed E-state index contributed by atoms with van der Waals surface area (Å²) in [5.74, 6) is 1.31. The number of fused-ring (bicyclic) bond motifs is 6. The summed E-state index contributed by atoms with van der Waals surface area (Å²) in [4.78, 5) is 33.8. The average Bonchev–Trinajstić information content (AvgIpc) is 3.66. The number of para-hydroxylation sites is 2. The Morgan fingerprint density at radius 2 is 1.80 bits per heavy atom. The summed E-state index contributed by atoms with van der Waals surface area (Å²) < 4.78 is 36.7. The van der Waals surface area contributed by atoms with Crippen LogP contribution in [0.25, 0.3) is 22.8 Å². The van der Waals surface area contributed by atoms with Crippen molar-refractivity contribution in [3.05, 3.63) is 87.6 Å². The van der Waals surface area contributed by atoms with Crippen LogP contribution in [-0.4, -0.2) is 69.1 Å². The molecular weight excluding hydrogens is 771 g/mol. The average molecular weight is 830 g/mol. The molecule has 2 aromatic carbocycles. The van der Waals surface area contributed by atoms with Gasteiger partial charge < -0.3 is 38.7 Å². The van der Waals surface area contributed by atoms with Crippen LogP contribution in [0.5, 0.6) is 17.2 Å². The van der Waals surface area contributed by atoms with Crippen LogP contribution in [0.2, 0.25) is 0 Å². The molecule has 1 spiro atoms. The van der Waals surface area contributed by atoms with Crippen LogP contribution in [0.15, 0.2) is 70.9 Å². The number of hydrogen-bond acceptors (Lipinski definition) is 10. The molecule has 61 heavy (non-hydrogen) atoms. The molecule has 6 atom stereocenters. The van der Waals surface area contributed by atoms with E-state index in [0.717, 1.165) is 57.4 Å². The fourth-order valence-electron chi connectivity index (χ4n) is 11.1. The minimum atomic E-state index is -1.49. The third-order valence-electron chi connectivity index (χ3n) is 13.9. The van der Waals surface area contributed by atoms with Crippen molar-refractivity contribution in [1.82, 2.24) is 9.55 Å². The fraction of sp³-hybridized carbons (Fsp3) is 0.500. The molecule has 5 heterocycles. The highest BCUT2D eigenvalue weighted by molar-refractivity contribution is 6.03. The van der Waals surface area contributed by atoms with Gasteiger partial charge in [-0.15, -0.1) is 0 Å². The topological polar surface area (TPSA) is 130 Å². The molecule has 3 aliphatic carbocycles. The minimum Gasteiger partial charge on any atom is -0.492 e. The van der Waals surface area contributed by atoms with E-state index in [1.165, 1.54) is 12.7 Å². The number of nitrogens with zero attached hydrogens (tertiary/aromatic N) is 2. The molecule has 2 N–H and O–H groups in total. The number of carbonyl (C=O) groups is 2. The predicted octanol–water partition coefficient (Wildman–Crippen LogP) is 9.39. The number of imidazole rings is 1. The number of benzene rings is 2. The normalized spacial score (nSPS) is 28.2. The lowest BCUT2D eigenvalue weighted by atomic mass is 9.47. The number of ketones is 1. The number of allylic oxidation sites excluding steroid dienone is 4. The Morgan fingerprint density at radius 1 is 1.03 bits per heavy atom. The standard InChI is InChI=1S/C50H59N3O8/c1-28(2)15-14-22-48(8)23-21-32-41(59-48)31(19-18-29(3)4)43-37(42(32)58-26-13-12-25-54)39-38-40(53-35-17-11-10-16-34(35)51-46(53)52-39)33-27-36-47(6,7)61-49(44(33)55,50(36,38)60-43)24-20-30(5)45(56)57-9/h10-11,15-18,20-21,23,33,36,40,54H,12-14,19,22,24-27H2,1-9H3,(H,51,52)/b30-20-. The number of ether oxygens (including phenoxy) is 5. The zero-order valence-corrected chi connectivity index (χ0v) is 37.0. The van der Waals surface area contributed by atoms with Crippen molar-refractivity contribution in [3.63, 3.8) is 0 Å². The van der Waals surface area contributed by atoms with Gasteiger partial charge in [-0.1, -0.05) is 41.5 Å². The summed E-state index contributed by atoms with van der Waals surface area (Å²) in [6.45, 7) is 16.8. The summed E-state index contributed by atoms with van der Waals surface area (Å²) in [6.07, 6.45) is 14.5. The number of aliphatic hydroxyl groups is 1. The summed E-state index contributed by atoms with van der Waals surface area (Å²) in [6, 6.07) is 7.61. The van der Waals surface area contributed by atoms with Gasteiger partial charge in [-0.3, -0.25) is 4.79 Å². The van der Waals surface area contributed by atoms with E-state index in [1.807, 2.05) is 18.2 Å². The second-order valence-corrected chi connectivity index (χ2v) is 19.0. The van der Waals surface area contributed by atoms with Gasteiger partial charge in [-0.25, -0.2) is 9.78 Å². The number of hydrogen-bond donors (Lipinski definition) is 2. The zero-order valence-electron chi connectivity index (χ0n) is 37.0. The van der Waals surface area contributed by atoms with E-state index in [1.54, 1.807) is 13.0 Å². The van der Waals surface area contributed by atoms with Gasteiger partial charge in [0.05, 0.1) is 53.2 Å². The smallest absolute Gasteiger partial charge is 0.333 e. The van der Waals surface area contributed by atoms with Gasteiger partial charge in [0.15, 0.2) is 17.0 Å². The maximum Gasteiger partial charge on any atom is 0.333 e. The molecular formula is C50H59N3O8. The minimum absolute atomic E-state index is 0.0410. The molecule has 322 valence electrons. The Labute approximate surface area is 358 Å². The Bertz CT molecular complexity index is 2510. The molecule has 1 saturated heterocycles. The van der Waals surface area contributed by atoms with Gasteiger partial charge in [0.2, 0.25) is 5.95 Å². The van der Waals surface area contributed by atoms with Crippen LogP contribution in [0, 0.1) is 11.8 Å². The van der Waals surface area contributed by atoms with Gasteiger partial charge in [0.1, 0.15) is 22.8 Å². The molecule has 3 aromatic rings. The maximum atomic E-state index is 15.8. The SMILES string of the molecule is COC(=O)/C(C)=C\CC12OC(C)(C)C3CC(C1=O)C1C4=C(Nc5nc6ccccc6n51)c1c(OCCCCO)c5c(c(CC=C(C)C)c1OC432)OC(C)(CCC=C(C)C)C=C5. The quantitative estimate of drug-likeness (QED) is 0.0744. The number of unbranched alkanes of at least 4 members (excludes halogenated alkanes) is 1. The van der Waals surface area contributed by atoms with Gasteiger partial charge in [-0.05, 0) is 118 Å². The van der Waals surface area contributed by atoms with E-state index >= 15 is 4.79 Å². The largest absolute Gasteiger partial charge is 0.492 e. The number of methoxy groups -OCH3 is 1. The first-order valence-electron chi connectivity index (χ1n) is 21.9. The third kappa shape index (κ3) is 6.08. The molecule has 1 aromatic heterocycles. The second kappa shape index (κ2) is 14.8. The Balaban J connectivity index is 1.37. The highest BCUT2D eigenvalue weighted by Crippen LogP contribution is 2.74. The number of anilines is 1. The Hall–Kier alpha value is -5.13. The van der Waals surface area contributed by atoms with Crippen molar-refractivity contribution in [1.29, 1.82) is 0 Å². The first-order chi connectivity index (χ1) is 29.1. The number of aliphatic hydroxyl groups excluding tert-OH is 1. The predicted molar refractivity (Wildman–Crippen MR) is 236 cm³/mol. The van der Waals surface area contributed by atoms with Crippen molar-refractivity contribution in [2.75, 3.05) is 25.6 Å². The van der Waals surface area contributed by atoms with Crippen LogP contribution in [0.4, 0.5) is 5.95 Å². The Kier molecular flexibility index (Phi) is 9.98. The van der Waals surface area contributed by atoms with E-state index in [9.17, 15) is 9.90 Å². The van der Waals surface area contributed by atoms with Crippen LogP contribution in [-0.2, 0) is 25.5 Å². The fourth-order valence-corrected chi connectivity index (χ4v) is 11.1. The maximum absolute atomic E-state index is 15.8. The highest BCUT2D eigenvalue weighted by atomic mass is 16.6.